The summed E-state index contributed by atoms with van der Waals surface area (Å²) in [4.78, 5) is 31.8. The normalized spacial score (nSPS) is 38.0. The van der Waals surface area contributed by atoms with Gasteiger partial charge in [-0.1, -0.05) is 25.5 Å². The lowest BCUT2D eigenvalue weighted by Gasteiger charge is -2.59. The van der Waals surface area contributed by atoms with Crippen LogP contribution in [0.5, 0.6) is 0 Å². The van der Waals surface area contributed by atoms with E-state index in [9.17, 15) is 9.59 Å². The highest BCUT2D eigenvalue weighted by molar-refractivity contribution is 5.90. The van der Waals surface area contributed by atoms with Gasteiger partial charge in [0.25, 0.3) is 0 Å². The van der Waals surface area contributed by atoms with E-state index in [0.717, 1.165) is 25.0 Å². The number of aromatic nitrogens is 1. The van der Waals surface area contributed by atoms with Gasteiger partial charge in [-0.3, -0.25) is 9.59 Å². The van der Waals surface area contributed by atoms with E-state index in [-0.39, 0.29) is 22.6 Å². The molecule has 0 spiro atoms. The quantitative estimate of drug-likeness (QED) is 0.642. The van der Waals surface area contributed by atoms with E-state index < -0.39 is 0 Å². The van der Waals surface area contributed by atoms with Crippen molar-refractivity contribution < 1.29 is 9.59 Å². The number of hydrogen-bond donors (Lipinski definition) is 1. The number of rotatable bonds is 3. The minimum absolute atomic E-state index is 0.100. The molecule has 5 nitrogen and oxygen atoms in total. The third-order valence-corrected chi connectivity index (χ3v) is 10.1. The molecule has 0 radical (unpaired) electrons. The smallest absolute Gasteiger partial charge is 0.226 e. The molecule has 1 N–H and O–H groups in total. The summed E-state index contributed by atoms with van der Waals surface area (Å²) in [5.41, 5.74) is 4.00. The molecule has 33 heavy (non-hydrogen) atoms. The lowest BCUT2D eigenvalue weighted by atomic mass is 9.48. The molecule has 1 aliphatic heterocycles. The lowest BCUT2D eigenvalue weighted by molar-refractivity contribution is -0.136. The average molecular weight is 450 g/mol. The molecule has 3 aliphatic carbocycles. The number of pyridine rings is 1. The molecule has 1 saturated heterocycles. The van der Waals surface area contributed by atoms with Crippen LogP contribution in [0.3, 0.4) is 0 Å². The highest BCUT2D eigenvalue weighted by Crippen LogP contribution is 2.67. The number of fused-ring (bicyclic) bond motifs is 5. The van der Waals surface area contributed by atoms with Crippen LogP contribution in [0.4, 0.5) is 5.82 Å². The minimum Gasteiger partial charge on any atom is -0.319 e. The molecule has 1 aromatic heterocycles. The third-order valence-electron chi connectivity index (χ3n) is 10.1. The van der Waals surface area contributed by atoms with E-state index in [1.54, 1.807) is 0 Å². The van der Waals surface area contributed by atoms with Crippen LogP contribution < -0.4 is 5.32 Å². The van der Waals surface area contributed by atoms with E-state index in [1.807, 2.05) is 37.1 Å². The monoisotopic (exact) mass is 449 g/mol. The van der Waals surface area contributed by atoms with Gasteiger partial charge in [-0.25, -0.2) is 4.98 Å². The third kappa shape index (κ3) is 3.54. The molecule has 2 heterocycles. The molecular formula is C28H39N3O2. The molecule has 5 rings (SSSR count). The van der Waals surface area contributed by atoms with Gasteiger partial charge in [-0.2, -0.15) is 0 Å². The number of allylic oxidation sites excluding steroid dienone is 2. The number of likely N-dealkylation sites (tertiary alicyclic amines) is 1. The molecule has 3 fully saturated rings. The maximum absolute atomic E-state index is 12.9. The molecule has 178 valence electrons. The van der Waals surface area contributed by atoms with Crippen LogP contribution in [0.1, 0.15) is 77.8 Å². The standard InChI is InChI=1S/C28H39N3O2/c1-17-15-20-21-10-9-19(16-24(32)30-23-8-6-7-18(2)29-23)27(21,3)13-11-22(20)28(4)14-12-25(33)31(5)26(17)28/h6-8,19-22H,9-16H2,1-5H3,(H,29,30,32)/t19-,20+,21+,22+,27-,28-/m1/s1. The first-order chi connectivity index (χ1) is 15.6. The second-order valence-electron chi connectivity index (χ2n) is 11.8. The van der Waals surface area contributed by atoms with Crippen LogP contribution in [0.15, 0.2) is 29.5 Å². The van der Waals surface area contributed by atoms with Crippen molar-refractivity contribution in [1.29, 1.82) is 0 Å². The molecule has 1 aromatic rings. The zero-order valence-corrected chi connectivity index (χ0v) is 20.9. The van der Waals surface area contributed by atoms with Gasteiger partial charge >= 0.3 is 0 Å². The molecule has 2 saturated carbocycles. The van der Waals surface area contributed by atoms with Crippen molar-refractivity contribution in [2.24, 2.45) is 34.5 Å². The molecule has 0 aromatic carbocycles. The van der Waals surface area contributed by atoms with Crippen molar-refractivity contribution in [3.8, 4) is 0 Å². The van der Waals surface area contributed by atoms with Crippen LogP contribution in [0.25, 0.3) is 0 Å². The summed E-state index contributed by atoms with van der Waals surface area (Å²) in [7, 11) is 1.99. The highest BCUT2D eigenvalue weighted by atomic mass is 16.2. The average Bonchev–Trinajstić information content (AvgIpc) is 3.07. The number of aryl methyl sites for hydroxylation is 1. The fourth-order valence-electron chi connectivity index (χ4n) is 8.58. The predicted molar refractivity (Wildman–Crippen MR) is 130 cm³/mol. The summed E-state index contributed by atoms with van der Waals surface area (Å²) in [6, 6.07) is 5.76. The van der Waals surface area contributed by atoms with Crippen LogP contribution in [-0.4, -0.2) is 28.7 Å². The van der Waals surface area contributed by atoms with Crippen molar-refractivity contribution in [2.75, 3.05) is 12.4 Å². The zero-order chi connectivity index (χ0) is 23.5. The second-order valence-corrected chi connectivity index (χ2v) is 11.8. The van der Waals surface area contributed by atoms with Crippen molar-refractivity contribution in [3.05, 3.63) is 35.2 Å². The van der Waals surface area contributed by atoms with E-state index in [4.69, 9.17) is 0 Å². The first-order valence-corrected chi connectivity index (χ1v) is 12.8. The van der Waals surface area contributed by atoms with E-state index in [1.165, 1.54) is 30.5 Å². The Morgan fingerprint density at radius 2 is 1.94 bits per heavy atom. The summed E-state index contributed by atoms with van der Waals surface area (Å²) in [5, 5.41) is 3.04. The number of nitrogens with zero attached hydrogens (tertiary/aromatic N) is 2. The summed E-state index contributed by atoms with van der Waals surface area (Å²) in [6.45, 7) is 9.11. The number of amides is 2. The first kappa shape index (κ1) is 22.6. The molecule has 2 amide bonds. The van der Waals surface area contributed by atoms with Crippen LogP contribution in [0, 0.1) is 41.4 Å². The Balaban J connectivity index is 1.35. The Morgan fingerprint density at radius 1 is 1.15 bits per heavy atom. The summed E-state index contributed by atoms with van der Waals surface area (Å²) in [6.07, 6.45) is 8.14. The van der Waals surface area contributed by atoms with Gasteiger partial charge in [-0.15, -0.1) is 0 Å². The number of carbonyl (C=O) groups excluding carboxylic acids is 2. The number of hydrogen-bond acceptors (Lipinski definition) is 3. The molecule has 0 unspecified atom stereocenters. The fraction of sp³-hybridized carbons (Fsp3) is 0.679. The Hall–Kier alpha value is -2.17. The van der Waals surface area contributed by atoms with Gasteiger partial charge in [0.1, 0.15) is 5.82 Å². The minimum atomic E-state index is 0.100. The van der Waals surface area contributed by atoms with E-state index >= 15 is 0 Å². The van der Waals surface area contributed by atoms with Gasteiger partial charge in [0.15, 0.2) is 0 Å². The van der Waals surface area contributed by atoms with Crippen molar-refractivity contribution in [3.63, 3.8) is 0 Å². The SMILES string of the molecule is CC1=C2N(C)C(=O)CC[C@]2(C)[C@H]2CC[C@]3(C)[C@@H](CC(=O)Nc4cccc(C)n4)CC[C@H]3[C@@H]2C1. The van der Waals surface area contributed by atoms with Crippen molar-refractivity contribution in [2.45, 2.75) is 79.1 Å². The fourth-order valence-corrected chi connectivity index (χ4v) is 8.58. The Morgan fingerprint density at radius 3 is 2.70 bits per heavy atom. The van der Waals surface area contributed by atoms with E-state index in [2.05, 4.69) is 31.1 Å². The maximum atomic E-state index is 12.9. The topological polar surface area (TPSA) is 62.3 Å². The maximum Gasteiger partial charge on any atom is 0.226 e. The van der Waals surface area contributed by atoms with Crippen LogP contribution >= 0.6 is 0 Å². The largest absolute Gasteiger partial charge is 0.319 e. The Labute approximate surface area is 198 Å². The number of piperidine rings is 1. The van der Waals surface area contributed by atoms with Gasteiger partial charge in [0, 0.05) is 36.7 Å². The Bertz CT molecular complexity index is 1020. The van der Waals surface area contributed by atoms with Gasteiger partial charge in [-0.05, 0) is 93.6 Å². The number of nitrogens with one attached hydrogen (secondary N) is 1. The lowest BCUT2D eigenvalue weighted by Crippen LogP contribution is -2.54. The van der Waals surface area contributed by atoms with Crippen molar-refractivity contribution in [1.82, 2.24) is 9.88 Å². The molecule has 5 heteroatoms. The molecule has 6 atom stereocenters. The van der Waals surface area contributed by atoms with Crippen LogP contribution in [0.2, 0.25) is 0 Å². The number of carbonyl (C=O) groups is 2. The van der Waals surface area contributed by atoms with Gasteiger partial charge in [0.05, 0.1) is 0 Å². The highest BCUT2D eigenvalue weighted by Gasteiger charge is 2.60. The molecule has 4 aliphatic rings. The summed E-state index contributed by atoms with van der Waals surface area (Å²) < 4.78 is 0. The van der Waals surface area contributed by atoms with E-state index in [0.29, 0.717) is 42.3 Å². The van der Waals surface area contributed by atoms with Gasteiger partial charge < -0.3 is 10.2 Å². The van der Waals surface area contributed by atoms with Crippen molar-refractivity contribution >= 4 is 17.6 Å². The van der Waals surface area contributed by atoms with Crippen LogP contribution in [-0.2, 0) is 9.59 Å². The number of anilines is 1. The summed E-state index contributed by atoms with van der Waals surface area (Å²) in [5.74, 6) is 3.46. The van der Waals surface area contributed by atoms with Gasteiger partial charge in [0.2, 0.25) is 11.8 Å². The predicted octanol–water partition coefficient (Wildman–Crippen LogP) is 5.71. The molecular weight excluding hydrogens is 410 g/mol. The summed E-state index contributed by atoms with van der Waals surface area (Å²) >= 11 is 0. The zero-order valence-electron chi connectivity index (χ0n) is 20.9. The first-order valence-electron chi connectivity index (χ1n) is 12.8. The second kappa shape index (κ2) is 7.95. The molecule has 0 bridgehead atoms. The Kier molecular flexibility index (Phi) is 5.45.